The second kappa shape index (κ2) is 11.1. The van der Waals surface area contributed by atoms with Crippen LogP contribution in [0.25, 0.3) is 0 Å². The molecule has 0 saturated heterocycles. The number of carbonyl (C=O) groups is 2. The number of thiazole rings is 1. The van der Waals surface area contributed by atoms with Crippen LogP contribution in [-0.4, -0.2) is 63.9 Å². The highest BCUT2D eigenvalue weighted by atomic mass is 35.5. The number of hydrogen-bond donors (Lipinski definition) is 2. The molecule has 2 heterocycles. The predicted octanol–water partition coefficient (Wildman–Crippen LogP) is 3.18. The molecule has 0 aliphatic carbocycles. The molecule has 1 aromatic carbocycles. The topological polar surface area (TPSA) is 105 Å². The van der Waals surface area contributed by atoms with Crippen LogP contribution in [0.15, 0.2) is 18.2 Å². The number of benzene rings is 1. The molecular weight excluding hydrogens is 485 g/mol. The van der Waals surface area contributed by atoms with E-state index in [-0.39, 0.29) is 18.2 Å². The van der Waals surface area contributed by atoms with Crippen LogP contribution in [-0.2, 0) is 17.8 Å². The highest BCUT2D eigenvalue weighted by molar-refractivity contribution is 7.17. The summed E-state index contributed by atoms with van der Waals surface area (Å²) in [4.78, 5) is 31.7. The number of rotatable bonds is 9. The normalized spacial score (nSPS) is 11.1. The van der Waals surface area contributed by atoms with Crippen molar-refractivity contribution in [3.63, 3.8) is 0 Å². The van der Waals surface area contributed by atoms with Gasteiger partial charge in [0.2, 0.25) is 5.91 Å². The first kappa shape index (κ1) is 25.1. The molecule has 0 saturated carbocycles. The number of nitrogens with one attached hydrogen (secondary N) is 2. The van der Waals surface area contributed by atoms with Crippen LogP contribution < -0.4 is 10.6 Å². The van der Waals surface area contributed by atoms with Gasteiger partial charge < -0.3 is 15.5 Å². The van der Waals surface area contributed by atoms with Crippen LogP contribution in [0.4, 0.5) is 5.13 Å². The molecule has 2 amide bonds. The van der Waals surface area contributed by atoms with Crippen molar-refractivity contribution in [2.75, 3.05) is 32.5 Å². The van der Waals surface area contributed by atoms with Crippen LogP contribution in [0.3, 0.4) is 0 Å². The largest absolute Gasteiger partial charge is 0.350 e. The number of hydrogen-bond acceptors (Lipinski definition) is 7. The molecule has 3 aromatic rings. The van der Waals surface area contributed by atoms with Gasteiger partial charge in [0.1, 0.15) is 4.88 Å². The van der Waals surface area contributed by atoms with Crippen molar-refractivity contribution >= 4 is 51.5 Å². The van der Waals surface area contributed by atoms with Gasteiger partial charge in [-0.2, -0.15) is 0 Å². The maximum atomic E-state index is 12.6. The second-order valence-electron chi connectivity index (χ2n) is 7.75. The summed E-state index contributed by atoms with van der Waals surface area (Å²) in [5, 5.41) is 15.2. The Morgan fingerprint density at radius 1 is 1.18 bits per heavy atom. The lowest BCUT2D eigenvalue weighted by Crippen LogP contribution is -2.31. The zero-order valence-corrected chi connectivity index (χ0v) is 21.1. The Kier molecular flexibility index (Phi) is 8.41. The number of anilines is 1. The number of aryl methyl sites for hydroxylation is 1. The third-order valence-corrected chi connectivity index (χ3v) is 6.63. The molecule has 2 N–H and O–H groups in total. The maximum Gasteiger partial charge on any atom is 0.263 e. The van der Waals surface area contributed by atoms with Gasteiger partial charge in [0.05, 0.1) is 40.1 Å². The van der Waals surface area contributed by atoms with Gasteiger partial charge in [-0.3, -0.25) is 9.59 Å². The summed E-state index contributed by atoms with van der Waals surface area (Å²) in [5.41, 5.74) is 2.82. The van der Waals surface area contributed by atoms with Crippen molar-refractivity contribution in [2.24, 2.45) is 0 Å². The molecule has 0 atom stereocenters. The first-order valence-corrected chi connectivity index (χ1v) is 11.7. The molecule has 0 radical (unpaired) electrons. The third kappa shape index (κ3) is 6.73. The molecule has 0 spiro atoms. The van der Waals surface area contributed by atoms with Crippen molar-refractivity contribution in [2.45, 2.75) is 26.8 Å². The average Bonchev–Trinajstić information content (AvgIpc) is 3.27. The monoisotopic (exact) mass is 509 g/mol. The second-order valence-corrected chi connectivity index (χ2v) is 9.56. The fraction of sp³-hybridized carbons (Fsp3) is 0.381. The lowest BCUT2D eigenvalue weighted by molar-refractivity contribution is -0.115. The minimum atomic E-state index is -0.284. The number of nitrogens with zero attached hydrogens (tertiary/aromatic N) is 5. The van der Waals surface area contributed by atoms with Gasteiger partial charge >= 0.3 is 0 Å². The van der Waals surface area contributed by atoms with E-state index in [1.807, 2.05) is 32.0 Å². The van der Waals surface area contributed by atoms with Crippen LogP contribution in [0.2, 0.25) is 10.0 Å². The highest BCUT2D eigenvalue weighted by Crippen LogP contribution is 2.24. The van der Waals surface area contributed by atoms with Crippen molar-refractivity contribution in [1.29, 1.82) is 0 Å². The summed E-state index contributed by atoms with van der Waals surface area (Å²) in [7, 11) is 3.87. The molecule has 33 heavy (non-hydrogen) atoms. The SMILES string of the molecule is Cc1nc(NC(=O)Cc2nnn(Cc3ccc(Cl)c(Cl)c3)c2C)sc1C(=O)NCCN(C)C. The predicted molar refractivity (Wildman–Crippen MR) is 130 cm³/mol. The lowest BCUT2D eigenvalue weighted by atomic mass is 10.2. The number of amides is 2. The Hall–Kier alpha value is -2.53. The lowest BCUT2D eigenvalue weighted by Gasteiger charge is -2.09. The van der Waals surface area contributed by atoms with E-state index < -0.39 is 0 Å². The molecule has 0 unspecified atom stereocenters. The molecular formula is C21H25Cl2N7O2S. The molecule has 176 valence electrons. The quantitative estimate of drug-likeness (QED) is 0.458. The summed E-state index contributed by atoms with van der Waals surface area (Å²) >= 11 is 13.2. The molecule has 12 heteroatoms. The standard InChI is InChI=1S/C21H25Cl2N7O2S/c1-12-19(20(32)24-7-8-29(3)4)33-21(25-12)26-18(31)10-17-13(2)30(28-27-17)11-14-5-6-15(22)16(23)9-14/h5-6,9H,7-8,10-11H2,1-4H3,(H,24,32)(H,25,26,31). The zero-order valence-electron chi connectivity index (χ0n) is 18.8. The van der Waals surface area contributed by atoms with Crippen LogP contribution in [0, 0.1) is 13.8 Å². The fourth-order valence-electron chi connectivity index (χ4n) is 2.97. The van der Waals surface area contributed by atoms with E-state index in [9.17, 15) is 9.59 Å². The fourth-order valence-corrected chi connectivity index (χ4v) is 4.19. The van der Waals surface area contributed by atoms with Crippen molar-refractivity contribution < 1.29 is 9.59 Å². The van der Waals surface area contributed by atoms with E-state index in [2.05, 4.69) is 25.9 Å². The molecule has 0 bridgehead atoms. The minimum absolute atomic E-state index is 0.0379. The van der Waals surface area contributed by atoms with Gasteiger partial charge in [0.25, 0.3) is 5.91 Å². The van der Waals surface area contributed by atoms with Crippen molar-refractivity contribution in [3.8, 4) is 0 Å². The first-order chi connectivity index (χ1) is 15.6. The van der Waals surface area contributed by atoms with E-state index in [0.717, 1.165) is 29.1 Å². The molecule has 2 aromatic heterocycles. The molecule has 3 rings (SSSR count). The van der Waals surface area contributed by atoms with Crippen LogP contribution in [0.5, 0.6) is 0 Å². The highest BCUT2D eigenvalue weighted by Gasteiger charge is 2.18. The number of carbonyl (C=O) groups excluding carboxylic acids is 2. The Balaban J connectivity index is 1.60. The van der Waals surface area contributed by atoms with Crippen molar-refractivity contribution in [1.82, 2.24) is 30.2 Å². The maximum absolute atomic E-state index is 12.6. The summed E-state index contributed by atoms with van der Waals surface area (Å²) in [5.74, 6) is -0.485. The van der Waals surface area contributed by atoms with Gasteiger partial charge in [-0.25, -0.2) is 9.67 Å². The average molecular weight is 510 g/mol. The molecule has 0 aliphatic rings. The summed E-state index contributed by atoms with van der Waals surface area (Å²) < 4.78 is 1.70. The van der Waals surface area contributed by atoms with Crippen molar-refractivity contribution in [3.05, 3.63) is 55.8 Å². The van der Waals surface area contributed by atoms with E-state index in [1.54, 1.807) is 23.7 Å². The molecule has 0 aliphatic heterocycles. The molecule has 9 nitrogen and oxygen atoms in total. The summed E-state index contributed by atoms with van der Waals surface area (Å²) in [6.45, 7) is 5.31. The number of aromatic nitrogens is 4. The summed E-state index contributed by atoms with van der Waals surface area (Å²) in [6.07, 6.45) is 0.0379. The van der Waals surface area contributed by atoms with Gasteiger partial charge in [-0.15, -0.1) is 5.10 Å². The van der Waals surface area contributed by atoms with E-state index in [1.165, 1.54) is 0 Å². The smallest absolute Gasteiger partial charge is 0.263 e. The number of halogens is 2. The van der Waals surface area contributed by atoms with Crippen LogP contribution in [0.1, 0.15) is 32.3 Å². The van der Waals surface area contributed by atoms with Gasteiger partial charge in [0.15, 0.2) is 5.13 Å². The van der Waals surface area contributed by atoms with E-state index >= 15 is 0 Å². The van der Waals surface area contributed by atoms with Crippen LogP contribution >= 0.6 is 34.5 Å². The Labute approximate surface area is 206 Å². The first-order valence-electron chi connectivity index (χ1n) is 10.2. The molecule has 0 fully saturated rings. The van der Waals surface area contributed by atoms with Gasteiger partial charge in [-0.05, 0) is 45.6 Å². The van der Waals surface area contributed by atoms with E-state index in [0.29, 0.717) is 44.5 Å². The Bertz CT molecular complexity index is 1160. The summed E-state index contributed by atoms with van der Waals surface area (Å²) in [6, 6.07) is 5.36. The van der Waals surface area contributed by atoms with Gasteiger partial charge in [0, 0.05) is 13.1 Å². The minimum Gasteiger partial charge on any atom is -0.350 e. The van der Waals surface area contributed by atoms with E-state index in [4.69, 9.17) is 23.2 Å². The Morgan fingerprint density at radius 2 is 1.94 bits per heavy atom. The number of likely N-dealkylation sites (N-methyl/N-ethyl adjacent to an activating group) is 1. The van der Waals surface area contributed by atoms with Gasteiger partial charge in [-0.1, -0.05) is 45.8 Å². The zero-order chi connectivity index (χ0) is 24.1. The third-order valence-electron chi connectivity index (χ3n) is 4.82. The Morgan fingerprint density at radius 3 is 2.64 bits per heavy atom.